The average molecular weight is 342 g/mol. The largest absolute Gasteiger partial charge is 0.387 e. The molecule has 1 aromatic rings. The van der Waals surface area contributed by atoms with Crippen LogP contribution in [0.3, 0.4) is 0 Å². The van der Waals surface area contributed by atoms with E-state index in [1.807, 2.05) is 6.92 Å². The number of rotatable bonds is 8. The summed E-state index contributed by atoms with van der Waals surface area (Å²) in [5, 5.41) is 10.3. The molecule has 1 saturated heterocycles. The highest BCUT2D eigenvalue weighted by atomic mass is 19.1. The van der Waals surface area contributed by atoms with E-state index in [2.05, 4.69) is 16.7 Å². The Labute approximate surface area is 143 Å². The topological polar surface area (TPSA) is 35.9 Å². The van der Waals surface area contributed by atoms with Gasteiger partial charge in [-0.25, -0.2) is 8.78 Å². The quantitative estimate of drug-likeness (QED) is 0.736. The van der Waals surface area contributed by atoms with Crippen molar-refractivity contribution in [2.45, 2.75) is 32.4 Å². The zero-order chi connectivity index (χ0) is 17.5. The Morgan fingerprint density at radius 3 is 2.75 bits per heavy atom. The highest BCUT2D eigenvalue weighted by molar-refractivity contribution is 5.21. The summed E-state index contributed by atoms with van der Waals surface area (Å²) < 4.78 is 32.2. The molecule has 136 valence electrons. The minimum Gasteiger partial charge on any atom is -0.387 e. The van der Waals surface area contributed by atoms with Crippen molar-refractivity contribution < 1.29 is 18.6 Å². The maximum Gasteiger partial charge on any atom is 0.131 e. The zero-order valence-corrected chi connectivity index (χ0v) is 14.5. The van der Waals surface area contributed by atoms with E-state index >= 15 is 0 Å². The van der Waals surface area contributed by atoms with Crippen LogP contribution in [0.4, 0.5) is 8.78 Å². The van der Waals surface area contributed by atoms with Gasteiger partial charge in [0.2, 0.25) is 0 Å². The van der Waals surface area contributed by atoms with Gasteiger partial charge in [-0.1, -0.05) is 13.0 Å². The van der Waals surface area contributed by atoms with Gasteiger partial charge in [0, 0.05) is 57.0 Å². The number of ether oxygens (including phenoxy) is 1. The Morgan fingerprint density at radius 2 is 2.08 bits per heavy atom. The fourth-order valence-corrected chi connectivity index (χ4v) is 3.25. The standard InChI is InChI=1S/C18H28F2N2O2/c1-3-15-12-21(7-8-22(15)9-10-24-4-2)13-18(23)16-6-5-14(19)11-17(16)20/h5-6,11,15,18,23H,3-4,7-10,12-13H2,1-2H3/t15-,18-/m0/s1. The van der Waals surface area contributed by atoms with Crippen LogP contribution in [0.25, 0.3) is 0 Å². The van der Waals surface area contributed by atoms with Gasteiger partial charge in [0.15, 0.2) is 0 Å². The summed E-state index contributed by atoms with van der Waals surface area (Å²) in [4.78, 5) is 4.57. The van der Waals surface area contributed by atoms with E-state index in [1.54, 1.807) is 0 Å². The number of hydrogen-bond acceptors (Lipinski definition) is 4. The molecule has 1 fully saturated rings. The summed E-state index contributed by atoms with van der Waals surface area (Å²) >= 11 is 0. The van der Waals surface area contributed by atoms with E-state index in [0.717, 1.165) is 51.9 Å². The average Bonchev–Trinajstić information content (AvgIpc) is 2.56. The maximum absolute atomic E-state index is 13.8. The number of piperazine rings is 1. The molecule has 0 radical (unpaired) electrons. The third-order valence-electron chi connectivity index (χ3n) is 4.64. The van der Waals surface area contributed by atoms with Crippen molar-refractivity contribution in [2.75, 3.05) is 45.9 Å². The monoisotopic (exact) mass is 342 g/mol. The van der Waals surface area contributed by atoms with Crippen LogP contribution >= 0.6 is 0 Å². The smallest absolute Gasteiger partial charge is 0.131 e. The zero-order valence-electron chi connectivity index (χ0n) is 14.5. The van der Waals surface area contributed by atoms with Gasteiger partial charge in [-0.15, -0.1) is 0 Å². The second-order valence-electron chi connectivity index (χ2n) is 6.24. The van der Waals surface area contributed by atoms with Crippen LogP contribution in [0.2, 0.25) is 0 Å². The number of nitrogens with zero attached hydrogens (tertiary/aromatic N) is 2. The van der Waals surface area contributed by atoms with Gasteiger partial charge in [0.25, 0.3) is 0 Å². The fourth-order valence-electron chi connectivity index (χ4n) is 3.25. The lowest BCUT2D eigenvalue weighted by molar-refractivity contribution is 0.0207. The lowest BCUT2D eigenvalue weighted by atomic mass is 10.1. The normalized spacial score (nSPS) is 21.1. The van der Waals surface area contributed by atoms with Crippen molar-refractivity contribution in [3.8, 4) is 0 Å². The third kappa shape index (κ3) is 5.21. The molecule has 0 amide bonds. The van der Waals surface area contributed by atoms with Crippen molar-refractivity contribution in [2.24, 2.45) is 0 Å². The summed E-state index contributed by atoms with van der Waals surface area (Å²) in [7, 11) is 0. The molecule has 0 spiro atoms. The lowest BCUT2D eigenvalue weighted by Gasteiger charge is -2.41. The van der Waals surface area contributed by atoms with E-state index in [0.29, 0.717) is 12.6 Å². The van der Waals surface area contributed by atoms with E-state index in [1.165, 1.54) is 12.1 Å². The van der Waals surface area contributed by atoms with Crippen LogP contribution in [-0.2, 0) is 4.74 Å². The molecule has 1 N–H and O–H groups in total. The SMILES string of the molecule is CCOCCN1CCN(C[C@H](O)c2ccc(F)cc2F)C[C@@H]1CC. The molecule has 2 rings (SSSR count). The minimum absolute atomic E-state index is 0.156. The van der Waals surface area contributed by atoms with E-state index in [9.17, 15) is 13.9 Å². The predicted molar refractivity (Wildman–Crippen MR) is 89.9 cm³/mol. The van der Waals surface area contributed by atoms with Crippen LogP contribution in [0.15, 0.2) is 18.2 Å². The molecule has 0 aliphatic carbocycles. The van der Waals surface area contributed by atoms with Gasteiger partial charge in [-0.3, -0.25) is 9.80 Å². The third-order valence-corrected chi connectivity index (χ3v) is 4.64. The first-order chi connectivity index (χ1) is 11.5. The molecule has 6 heteroatoms. The van der Waals surface area contributed by atoms with Crippen molar-refractivity contribution >= 4 is 0 Å². The van der Waals surface area contributed by atoms with Crippen molar-refractivity contribution in [3.63, 3.8) is 0 Å². The first kappa shape index (κ1) is 19.2. The number of aliphatic hydroxyl groups excluding tert-OH is 1. The molecule has 0 bridgehead atoms. The molecule has 2 atom stereocenters. The number of aliphatic hydroxyl groups is 1. The van der Waals surface area contributed by atoms with Gasteiger partial charge >= 0.3 is 0 Å². The van der Waals surface area contributed by atoms with Crippen LogP contribution < -0.4 is 0 Å². The Morgan fingerprint density at radius 1 is 1.29 bits per heavy atom. The van der Waals surface area contributed by atoms with Crippen LogP contribution in [0.1, 0.15) is 31.9 Å². The van der Waals surface area contributed by atoms with Crippen LogP contribution in [0, 0.1) is 11.6 Å². The Balaban J connectivity index is 1.89. The molecule has 1 aromatic carbocycles. The molecule has 0 saturated carbocycles. The molecule has 1 aliphatic heterocycles. The lowest BCUT2D eigenvalue weighted by Crippen LogP contribution is -2.54. The number of β-amino-alcohol motifs (C(OH)–C–C–N with tert-alkyl or cyclic N) is 1. The van der Waals surface area contributed by atoms with Crippen LogP contribution in [-0.4, -0.2) is 66.9 Å². The summed E-state index contributed by atoms with van der Waals surface area (Å²) in [5.74, 6) is -1.32. The highest BCUT2D eigenvalue weighted by Crippen LogP contribution is 2.21. The van der Waals surface area contributed by atoms with E-state index in [-0.39, 0.29) is 5.56 Å². The molecule has 1 heterocycles. The van der Waals surface area contributed by atoms with Gasteiger partial charge in [0.1, 0.15) is 11.6 Å². The second kappa shape index (κ2) is 9.42. The van der Waals surface area contributed by atoms with Gasteiger partial charge < -0.3 is 9.84 Å². The van der Waals surface area contributed by atoms with Crippen molar-refractivity contribution in [3.05, 3.63) is 35.4 Å². The van der Waals surface area contributed by atoms with E-state index < -0.39 is 17.7 Å². The molecule has 0 aromatic heterocycles. The van der Waals surface area contributed by atoms with Gasteiger partial charge in [-0.05, 0) is 19.4 Å². The fraction of sp³-hybridized carbons (Fsp3) is 0.667. The predicted octanol–water partition coefficient (Wildman–Crippen LogP) is 2.43. The molecule has 4 nitrogen and oxygen atoms in total. The van der Waals surface area contributed by atoms with Crippen molar-refractivity contribution in [1.82, 2.24) is 9.80 Å². The highest BCUT2D eigenvalue weighted by Gasteiger charge is 2.27. The molecule has 0 unspecified atom stereocenters. The Bertz CT molecular complexity index is 516. The number of halogens is 2. The Kier molecular flexibility index (Phi) is 7.55. The molecular weight excluding hydrogens is 314 g/mol. The Hall–Kier alpha value is -1.08. The minimum atomic E-state index is -0.946. The summed E-state index contributed by atoms with van der Waals surface area (Å²) in [6.45, 7) is 9.44. The molecular formula is C18H28F2N2O2. The first-order valence-corrected chi connectivity index (χ1v) is 8.72. The first-order valence-electron chi connectivity index (χ1n) is 8.72. The molecule has 24 heavy (non-hydrogen) atoms. The second-order valence-corrected chi connectivity index (χ2v) is 6.24. The summed E-state index contributed by atoms with van der Waals surface area (Å²) in [5.41, 5.74) is 0.156. The number of benzene rings is 1. The number of hydrogen-bond donors (Lipinski definition) is 1. The summed E-state index contributed by atoms with van der Waals surface area (Å²) in [6, 6.07) is 3.73. The van der Waals surface area contributed by atoms with Crippen LogP contribution in [0.5, 0.6) is 0 Å². The molecule has 1 aliphatic rings. The van der Waals surface area contributed by atoms with Gasteiger partial charge in [0.05, 0.1) is 12.7 Å². The van der Waals surface area contributed by atoms with Gasteiger partial charge in [-0.2, -0.15) is 0 Å². The maximum atomic E-state index is 13.8. The summed E-state index contributed by atoms with van der Waals surface area (Å²) in [6.07, 6.45) is 0.0713. The van der Waals surface area contributed by atoms with Crippen molar-refractivity contribution in [1.29, 1.82) is 0 Å². The van der Waals surface area contributed by atoms with E-state index in [4.69, 9.17) is 4.74 Å².